The maximum absolute atomic E-state index is 13.0. The first-order chi connectivity index (χ1) is 42.5. The van der Waals surface area contributed by atoms with Crippen LogP contribution in [0.25, 0.3) is 0 Å². The van der Waals surface area contributed by atoms with E-state index in [0.29, 0.717) is 31.6 Å². The number of unbranched alkanes of at least 4 members (excludes halogenated alkanes) is 41. The van der Waals surface area contributed by atoms with Gasteiger partial charge in [-0.1, -0.05) is 304 Å². The Morgan fingerprint density at radius 3 is 0.773 bits per heavy atom. The lowest BCUT2D eigenvalue weighted by Crippen LogP contribution is -2.30. The molecule has 0 radical (unpaired) electrons. The Bertz CT molecular complexity index is 1700. The van der Waals surface area contributed by atoms with Crippen molar-refractivity contribution in [2.24, 2.45) is 5.92 Å². The molecule has 17 nitrogen and oxygen atoms in total. The van der Waals surface area contributed by atoms with Crippen molar-refractivity contribution in [1.29, 1.82) is 0 Å². The van der Waals surface area contributed by atoms with Crippen LogP contribution in [0, 0.1) is 5.92 Å². The van der Waals surface area contributed by atoms with Crippen molar-refractivity contribution in [2.45, 2.75) is 374 Å². The molecule has 0 fully saturated rings. The molecule has 0 aliphatic carbocycles. The Kier molecular flexibility index (Phi) is 61.1. The first-order valence-electron chi connectivity index (χ1n) is 36.1. The van der Waals surface area contributed by atoms with E-state index in [4.69, 9.17) is 37.0 Å². The molecule has 0 heterocycles. The maximum Gasteiger partial charge on any atom is 0.472 e. The number of phosphoric ester groups is 2. The minimum Gasteiger partial charge on any atom is -0.462 e. The molecule has 0 rings (SSSR count). The zero-order valence-corrected chi connectivity index (χ0v) is 58.6. The highest BCUT2D eigenvalue weighted by Crippen LogP contribution is 2.45. The summed E-state index contributed by atoms with van der Waals surface area (Å²) in [5.41, 5.74) is 0. The number of aliphatic hydroxyl groups is 1. The molecular formula is C69H134O17P2. The molecule has 0 saturated carbocycles. The molecular weight excluding hydrogens is 1160 g/mol. The number of phosphoric acid groups is 2. The zero-order chi connectivity index (χ0) is 64.9. The van der Waals surface area contributed by atoms with Crippen molar-refractivity contribution in [3.8, 4) is 0 Å². The molecule has 88 heavy (non-hydrogen) atoms. The molecule has 3 N–H and O–H groups in total. The fraction of sp³-hybridized carbons (Fsp3) is 0.942. The summed E-state index contributed by atoms with van der Waals surface area (Å²) in [4.78, 5) is 72.3. The van der Waals surface area contributed by atoms with Crippen molar-refractivity contribution in [3.05, 3.63) is 0 Å². The number of hydrogen-bond acceptors (Lipinski definition) is 15. The summed E-state index contributed by atoms with van der Waals surface area (Å²) in [5, 5.41) is 10.5. The van der Waals surface area contributed by atoms with E-state index in [1.165, 1.54) is 173 Å². The van der Waals surface area contributed by atoms with Crippen LogP contribution < -0.4 is 0 Å². The largest absolute Gasteiger partial charge is 0.472 e. The predicted octanol–water partition coefficient (Wildman–Crippen LogP) is 19.7. The van der Waals surface area contributed by atoms with Crippen molar-refractivity contribution in [3.63, 3.8) is 0 Å². The van der Waals surface area contributed by atoms with Crippen LogP contribution in [0.5, 0.6) is 0 Å². The topological polar surface area (TPSA) is 237 Å². The van der Waals surface area contributed by atoms with Crippen LogP contribution in [0.1, 0.15) is 356 Å². The smallest absolute Gasteiger partial charge is 0.462 e. The van der Waals surface area contributed by atoms with Crippen LogP contribution in [0.3, 0.4) is 0 Å². The van der Waals surface area contributed by atoms with E-state index in [2.05, 4.69) is 34.6 Å². The van der Waals surface area contributed by atoms with Gasteiger partial charge in [0.1, 0.15) is 19.3 Å². The van der Waals surface area contributed by atoms with Gasteiger partial charge in [0, 0.05) is 25.7 Å². The van der Waals surface area contributed by atoms with Gasteiger partial charge in [0.25, 0.3) is 0 Å². The SMILES string of the molecule is CCCCCCCCCCCCCCCCCCCCCCCC(=O)O[C@H](COC(=O)CCCCCCCCCCCC)COP(=O)(O)OC[C@@H](O)COP(=O)(O)OC[C@@H](COC(=O)CCCCCCCCCC)OC(=O)CCCCCCCCC(C)C. The van der Waals surface area contributed by atoms with Gasteiger partial charge >= 0.3 is 39.5 Å². The van der Waals surface area contributed by atoms with E-state index in [0.717, 1.165) is 96.3 Å². The number of hydrogen-bond donors (Lipinski definition) is 3. The molecule has 2 unspecified atom stereocenters. The van der Waals surface area contributed by atoms with Gasteiger partial charge in [0.15, 0.2) is 12.2 Å². The number of carbonyl (C=O) groups excluding carboxylic acids is 4. The fourth-order valence-corrected chi connectivity index (χ4v) is 12.0. The highest BCUT2D eigenvalue weighted by atomic mass is 31.2. The van der Waals surface area contributed by atoms with Crippen LogP contribution in [0.15, 0.2) is 0 Å². The summed E-state index contributed by atoms with van der Waals surface area (Å²) in [5.74, 6) is -1.46. The number of aliphatic hydroxyl groups excluding tert-OH is 1. The Hall–Kier alpha value is -1.94. The van der Waals surface area contributed by atoms with Gasteiger partial charge in [0.05, 0.1) is 26.4 Å². The molecule has 0 aromatic rings. The van der Waals surface area contributed by atoms with Gasteiger partial charge in [-0.15, -0.1) is 0 Å². The van der Waals surface area contributed by atoms with Gasteiger partial charge in [-0.25, -0.2) is 9.13 Å². The Labute approximate surface area is 537 Å². The number of carbonyl (C=O) groups is 4. The van der Waals surface area contributed by atoms with Crippen molar-refractivity contribution in [1.82, 2.24) is 0 Å². The van der Waals surface area contributed by atoms with Crippen LogP contribution in [0.4, 0.5) is 0 Å². The quantitative estimate of drug-likeness (QED) is 0.0222. The molecule has 0 amide bonds. The van der Waals surface area contributed by atoms with E-state index in [1.807, 2.05) is 0 Å². The minimum atomic E-state index is -4.95. The summed E-state index contributed by atoms with van der Waals surface area (Å²) in [7, 11) is -9.89. The fourth-order valence-electron chi connectivity index (χ4n) is 10.5. The maximum atomic E-state index is 13.0. The first-order valence-corrected chi connectivity index (χ1v) is 39.1. The van der Waals surface area contributed by atoms with Crippen LogP contribution >= 0.6 is 15.6 Å². The Balaban J connectivity index is 5.11. The molecule has 0 aromatic heterocycles. The van der Waals surface area contributed by atoms with Crippen molar-refractivity contribution < 1.29 is 80.2 Å². The highest BCUT2D eigenvalue weighted by Gasteiger charge is 2.30. The molecule has 0 aliphatic rings. The van der Waals surface area contributed by atoms with Crippen molar-refractivity contribution in [2.75, 3.05) is 39.6 Å². The molecule has 0 bridgehead atoms. The second kappa shape index (κ2) is 62.5. The monoisotopic (exact) mass is 1300 g/mol. The number of ether oxygens (including phenoxy) is 4. The van der Waals surface area contributed by atoms with Gasteiger partial charge < -0.3 is 33.8 Å². The van der Waals surface area contributed by atoms with Gasteiger partial charge in [-0.3, -0.25) is 37.3 Å². The van der Waals surface area contributed by atoms with Crippen molar-refractivity contribution >= 4 is 39.5 Å². The summed E-state index contributed by atoms with van der Waals surface area (Å²) in [6, 6.07) is 0. The van der Waals surface area contributed by atoms with Crippen LogP contribution in [-0.2, 0) is 65.4 Å². The van der Waals surface area contributed by atoms with E-state index < -0.39 is 97.5 Å². The van der Waals surface area contributed by atoms with Gasteiger partial charge in [-0.2, -0.15) is 0 Å². The Morgan fingerprint density at radius 2 is 0.523 bits per heavy atom. The standard InChI is InChI=1S/C69H134O17P2/c1-6-9-12-15-18-21-23-24-25-26-27-28-29-30-31-32-33-35-38-44-49-54-68(73)85-64(58-80-67(72)53-48-43-37-34-22-19-16-13-10-7-2)60-83-87(75,76)81-56-63(70)57-82-88(77,78)84-61-65(59-79-66(71)52-47-42-36-20-17-14-11-8-3)86-69(74)55-50-45-40-39-41-46-51-62(4)5/h62-65,70H,6-61H2,1-5H3,(H,75,76)(H,77,78)/t63-,64-,65-/m1/s1. The van der Waals surface area contributed by atoms with Crippen LogP contribution in [0.2, 0.25) is 0 Å². The molecule has 0 saturated heterocycles. The first kappa shape index (κ1) is 86.1. The zero-order valence-electron chi connectivity index (χ0n) is 56.9. The lowest BCUT2D eigenvalue weighted by Gasteiger charge is -2.21. The number of rotatable bonds is 69. The van der Waals surface area contributed by atoms with Crippen LogP contribution in [-0.4, -0.2) is 96.7 Å². The lowest BCUT2D eigenvalue weighted by atomic mass is 10.0. The third-order valence-electron chi connectivity index (χ3n) is 16.0. The Morgan fingerprint density at radius 1 is 0.307 bits per heavy atom. The second-order valence-electron chi connectivity index (χ2n) is 25.4. The predicted molar refractivity (Wildman–Crippen MR) is 354 cm³/mol. The molecule has 0 spiro atoms. The second-order valence-corrected chi connectivity index (χ2v) is 28.3. The summed E-state index contributed by atoms with van der Waals surface area (Å²) in [6.45, 7) is 7.10. The normalized spacial score (nSPS) is 14.1. The molecule has 5 atom stereocenters. The summed E-state index contributed by atoms with van der Waals surface area (Å²) >= 11 is 0. The van der Waals surface area contributed by atoms with E-state index >= 15 is 0 Å². The lowest BCUT2D eigenvalue weighted by molar-refractivity contribution is -0.161. The third kappa shape index (κ3) is 62.8. The molecule has 522 valence electrons. The molecule has 19 heteroatoms. The average molecular weight is 1300 g/mol. The number of esters is 4. The summed E-state index contributed by atoms with van der Waals surface area (Å²) < 4.78 is 68.1. The average Bonchev–Trinajstić information content (AvgIpc) is 3.60. The molecule has 0 aromatic carbocycles. The van der Waals surface area contributed by atoms with E-state index in [9.17, 15) is 43.2 Å². The minimum absolute atomic E-state index is 0.102. The third-order valence-corrected chi connectivity index (χ3v) is 17.9. The molecule has 0 aliphatic heterocycles. The highest BCUT2D eigenvalue weighted by molar-refractivity contribution is 7.47. The summed E-state index contributed by atoms with van der Waals surface area (Å²) in [6.07, 6.45) is 49.0. The van der Waals surface area contributed by atoms with E-state index in [-0.39, 0.29) is 25.7 Å². The van der Waals surface area contributed by atoms with Gasteiger partial charge in [0.2, 0.25) is 0 Å². The van der Waals surface area contributed by atoms with Gasteiger partial charge in [-0.05, 0) is 31.6 Å². The van der Waals surface area contributed by atoms with E-state index in [1.54, 1.807) is 0 Å².